The minimum atomic E-state index is -3.27. The highest BCUT2D eigenvalue weighted by Gasteiger charge is 2.18. The molecule has 3 aromatic rings. The molecule has 0 aliphatic carbocycles. The van der Waals surface area contributed by atoms with Crippen LogP contribution >= 0.6 is 0 Å². The Bertz CT molecular complexity index is 1080. The summed E-state index contributed by atoms with van der Waals surface area (Å²) >= 11 is 0. The zero-order valence-electron chi connectivity index (χ0n) is 16.4. The Balaban J connectivity index is 1.82. The van der Waals surface area contributed by atoms with E-state index in [0.717, 1.165) is 6.26 Å². The van der Waals surface area contributed by atoms with E-state index >= 15 is 0 Å². The summed E-state index contributed by atoms with van der Waals surface area (Å²) in [5.74, 6) is 1.17. The number of rotatable bonds is 9. The van der Waals surface area contributed by atoms with Crippen LogP contribution in [-0.4, -0.2) is 44.7 Å². The molecule has 0 aliphatic rings. The largest absolute Gasteiger partial charge is 0.497 e. The van der Waals surface area contributed by atoms with Crippen molar-refractivity contribution < 1.29 is 26.7 Å². The molecule has 1 aromatic heterocycles. The minimum absolute atomic E-state index is 0.141. The zero-order valence-corrected chi connectivity index (χ0v) is 17.2. The molecule has 1 heterocycles. The summed E-state index contributed by atoms with van der Waals surface area (Å²) in [6.45, 7) is 0.300. The number of methoxy groups -OCH3 is 1. The van der Waals surface area contributed by atoms with E-state index in [-0.39, 0.29) is 18.8 Å². The highest BCUT2D eigenvalue weighted by Crippen LogP contribution is 2.30. The number of nitrogens with zero attached hydrogens (tertiary/aromatic N) is 2. The molecule has 0 saturated carbocycles. The summed E-state index contributed by atoms with van der Waals surface area (Å²) < 4.78 is 63.0. The number of alkyl halides is 2. The summed E-state index contributed by atoms with van der Waals surface area (Å²) in [6.07, 6.45) is -1.63. The molecule has 0 spiro atoms. The Kier molecular flexibility index (Phi) is 6.68. The van der Waals surface area contributed by atoms with Gasteiger partial charge in [-0.15, -0.1) is 0 Å². The molecule has 2 aromatic carbocycles. The number of hydrogen-bond donors (Lipinski definition) is 1. The molecule has 0 unspecified atom stereocenters. The molecule has 0 aliphatic heterocycles. The first-order chi connectivity index (χ1) is 14.3. The van der Waals surface area contributed by atoms with Crippen LogP contribution < -0.4 is 14.2 Å². The van der Waals surface area contributed by atoms with E-state index in [1.54, 1.807) is 55.6 Å². The number of sulfonamides is 1. The predicted molar refractivity (Wildman–Crippen MR) is 109 cm³/mol. The van der Waals surface area contributed by atoms with Crippen LogP contribution in [-0.2, 0) is 10.0 Å². The fraction of sp³-hybridized carbons (Fsp3) is 0.250. The third-order valence-electron chi connectivity index (χ3n) is 4.15. The Labute approximate surface area is 173 Å². The minimum Gasteiger partial charge on any atom is -0.497 e. The standard InChI is InChI=1S/C20H21F2N3O4S/c1-28-16-9-5-15(6-10-16)25-19(13-18(24-25)20(21)22)14-3-7-17(8-4-14)29-12-11-23-30(2,26)27/h3-10,13,20,23H,11-12H2,1-2H3. The molecule has 160 valence electrons. The molecule has 0 atom stereocenters. The number of hydrogen-bond acceptors (Lipinski definition) is 5. The number of ether oxygens (including phenoxy) is 2. The first-order valence-corrected chi connectivity index (χ1v) is 10.9. The molecule has 0 saturated heterocycles. The van der Waals surface area contributed by atoms with Crippen molar-refractivity contribution in [3.63, 3.8) is 0 Å². The maximum absolute atomic E-state index is 13.3. The number of aromatic nitrogens is 2. The van der Waals surface area contributed by atoms with Gasteiger partial charge in [0.15, 0.2) is 0 Å². The van der Waals surface area contributed by atoms with Crippen molar-refractivity contribution in [2.24, 2.45) is 0 Å². The second kappa shape index (κ2) is 9.23. The van der Waals surface area contributed by atoms with Crippen LogP contribution in [0, 0.1) is 0 Å². The van der Waals surface area contributed by atoms with Crippen molar-refractivity contribution in [2.75, 3.05) is 26.5 Å². The fourth-order valence-corrected chi connectivity index (χ4v) is 3.20. The van der Waals surface area contributed by atoms with E-state index in [0.29, 0.717) is 28.4 Å². The maximum Gasteiger partial charge on any atom is 0.282 e. The van der Waals surface area contributed by atoms with Crippen LogP contribution in [0.25, 0.3) is 16.9 Å². The summed E-state index contributed by atoms with van der Waals surface area (Å²) in [7, 11) is -1.72. The zero-order chi connectivity index (χ0) is 21.7. The number of halogens is 2. The molecular weight excluding hydrogens is 416 g/mol. The van der Waals surface area contributed by atoms with Crippen LogP contribution in [0.3, 0.4) is 0 Å². The van der Waals surface area contributed by atoms with Crippen LogP contribution in [0.15, 0.2) is 54.6 Å². The van der Waals surface area contributed by atoms with E-state index in [2.05, 4.69) is 9.82 Å². The maximum atomic E-state index is 13.3. The van der Waals surface area contributed by atoms with E-state index in [1.807, 2.05) is 0 Å². The summed E-state index contributed by atoms with van der Waals surface area (Å²) in [5.41, 5.74) is 1.46. The highest BCUT2D eigenvalue weighted by atomic mass is 32.2. The van der Waals surface area contributed by atoms with Gasteiger partial charge in [-0.05, 0) is 54.6 Å². The van der Waals surface area contributed by atoms with Gasteiger partial charge >= 0.3 is 0 Å². The second-order valence-corrected chi connectivity index (χ2v) is 8.24. The number of nitrogens with one attached hydrogen (secondary N) is 1. The van der Waals surface area contributed by atoms with Gasteiger partial charge in [0.05, 0.1) is 24.7 Å². The second-order valence-electron chi connectivity index (χ2n) is 6.40. The first kappa shape index (κ1) is 21.7. The lowest BCUT2D eigenvalue weighted by Crippen LogP contribution is -2.26. The van der Waals surface area contributed by atoms with E-state index in [9.17, 15) is 17.2 Å². The monoisotopic (exact) mass is 437 g/mol. The molecule has 10 heteroatoms. The van der Waals surface area contributed by atoms with E-state index in [4.69, 9.17) is 9.47 Å². The van der Waals surface area contributed by atoms with Gasteiger partial charge in [-0.25, -0.2) is 26.6 Å². The van der Waals surface area contributed by atoms with Crippen molar-refractivity contribution in [3.8, 4) is 28.4 Å². The molecule has 30 heavy (non-hydrogen) atoms. The Morgan fingerprint density at radius 1 is 1.07 bits per heavy atom. The highest BCUT2D eigenvalue weighted by molar-refractivity contribution is 7.88. The molecule has 0 bridgehead atoms. The van der Waals surface area contributed by atoms with Gasteiger partial charge < -0.3 is 9.47 Å². The van der Waals surface area contributed by atoms with Crippen LogP contribution in [0.5, 0.6) is 11.5 Å². The van der Waals surface area contributed by atoms with Gasteiger partial charge in [-0.3, -0.25) is 0 Å². The quantitative estimate of drug-likeness (QED) is 0.519. The van der Waals surface area contributed by atoms with Gasteiger partial charge in [-0.2, -0.15) is 5.10 Å². The fourth-order valence-electron chi connectivity index (χ4n) is 2.75. The molecule has 0 radical (unpaired) electrons. The first-order valence-electron chi connectivity index (χ1n) is 8.97. The van der Waals surface area contributed by atoms with Crippen molar-refractivity contribution in [2.45, 2.75) is 6.43 Å². The third-order valence-corrected chi connectivity index (χ3v) is 4.88. The Morgan fingerprint density at radius 3 is 2.27 bits per heavy atom. The third kappa shape index (κ3) is 5.55. The average molecular weight is 437 g/mol. The molecule has 7 nitrogen and oxygen atoms in total. The summed E-state index contributed by atoms with van der Waals surface area (Å²) in [5, 5.41) is 4.05. The van der Waals surface area contributed by atoms with Gasteiger partial charge in [0.1, 0.15) is 23.8 Å². The summed E-state index contributed by atoms with van der Waals surface area (Å²) in [4.78, 5) is 0. The van der Waals surface area contributed by atoms with Gasteiger partial charge in [-0.1, -0.05) is 0 Å². The lowest BCUT2D eigenvalue weighted by Gasteiger charge is -2.10. The van der Waals surface area contributed by atoms with Gasteiger partial charge in [0.2, 0.25) is 10.0 Å². The SMILES string of the molecule is COc1ccc(-n2nc(C(F)F)cc2-c2ccc(OCCNS(C)(=O)=O)cc2)cc1. The molecule has 0 fully saturated rings. The lowest BCUT2D eigenvalue weighted by atomic mass is 10.1. The molecule has 3 rings (SSSR count). The molecular formula is C20H21F2N3O4S. The van der Waals surface area contributed by atoms with Crippen molar-refractivity contribution in [3.05, 3.63) is 60.3 Å². The van der Waals surface area contributed by atoms with Crippen molar-refractivity contribution in [1.82, 2.24) is 14.5 Å². The normalized spacial score (nSPS) is 11.6. The van der Waals surface area contributed by atoms with E-state index < -0.39 is 16.4 Å². The Hall–Kier alpha value is -2.98. The van der Waals surface area contributed by atoms with Crippen LogP contribution in [0.4, 0.5) is 8.78 Å². The predicted octanol–water partition coefficient (Wildman–Crippen LogP) is 3.41. The van der Waals surface area contributed by atoms with Gasteiger partial charge in [0.25, 0.3) is 6.43 Å². The van der Waals surface area contributed by atoms with Crippen molar-refractivity contribution in [1.29, 1.82) is 0 Å². The molecule has 0 amide bonds. The van der Waals surface area contributed by atoms with Crippen LogP contribution in [0.2, 0.25) is 0 Å². The summed E-state index contributed by atoms with van der Waals surface area (Å²) in [6, 6.07) is 15.1. The lowest BCUT2D eigenvalue weighted by molar-refractivity contribution is 0.145. The van der Waals surface area contributed by atoms with E-state index in [1.165, 1.54) is 10.7 Å². The average Bonchev–Trinajstić information content (AvgIpc) is 3.17. The molecule has 1 N–H and O–H groups in total. The topological polar surface area (TPSA) is 82.4 Å². The van der Waals surface area contributed by atoms with Crippen molar-refractivity contribution >= 4 is 10.0 Å². The smallest absolute Gasteiger partial charge is 0.282 e. The van der Waals surface area contributed by atoms with Gasteiger partial charge in [0, 0.05) is 12.1 Å². The van der Waals surface area contributed by atoms with Crippen LogP contribution in [0.1, 0.15) is 12.1 Å². The number of benzene rings is 2. The Morgan fingerprint density at radius 2 is 1.70 bits per heavy atom.